The Bertz CT molecular complexity index is 699. The Morgan fingerprint density at radius 1 is 0.864 bits per heavy atom. The van der Waals surface area contributed by atoms with Crippen LogP contribution >= 0.6 is 0 Å². The highest BCUT2D eigenvalue weighted by Crippen LogP contribution is 2.24. The van der Waals surface area contributed by atoms with Gasteiger partial charge in [-0.3, -0.25) is 0 Å². The first-order valence-electron chi connectivity index (χ1n) is 8.02. The monoisotopic (exact) mass is 290 g/mol. The largest absolute Gasteiger partial charge is 0.330 e. The van der Waals surface area contributed by atoms with Gasteiger partial charge in [-0.15, -0.1) is 0 Å². The summed E-state index contributed by atoms with van der Waals surface area (Å²) < 4.78 is 2.30. The van der Waals surface area contributed by atoms with Crippen LogP contribution in [0.5, 0.6) is 0 Å². The quantitative estimate of drug-likeness (QED) is 0.641. The van der Waals surface area contributed by atoms with Crippen molar-refractivity contribution in [1.29, 1.82) is 0 Å². The van der Waals surface area contributed by atoms with Gasteiger partial charge in [0.2, 0.25) is 0 Å². The molecule has 0 aliphatic carbocycles. The molecule has 22 heavy (non-hydrogen) atoms. The molecule has 112 valence electrons. The van der Waals surface area contributed by atoms with Gasteiger partial charge in [-0.05, 0) is 18.4 Å². The number of nitrogens with zero attached hydrogens (tertiary/aromatic N) is 2. The van der Waals surface area contributed by atoms with Crippen LogP contribution in [-0.2, 0) is 19.4 Å². The summed E-state index contributed by atoms with van der Waals surface area (Å²) in [6.45, 7) is 3.17. The summed E-state index contributed by atoms with van der Waals surface area (Å²) in [4.78, 5) is 4.66. The van der Waals surface area contributed by atoms with Gasteiger partial charge in [0.1, 0.15) is 0 Å². The third-order valence-corrected chi connectivity index (χ3v) is 3.93. The number of hydrogen-bond acceptors (Lipinski definition) is 1. The zero-order valence-corrected chi connectivity index (χ0v) is 13.1. The van der Waals surface area contributed by atoms with Crippen molar-refractivity contribution in [2.24, 2.45) is 0 Å². The first-order valence-corrected chi connectivity index (χ1v) is 8.02. The molecule has 0 spiro atoms. The Labute approximate surface area is 132 Å². The molecule has 0 atom stereocenters. The van der Waals surface area contributed by atoms with Gasteiger partial charge in [-0.25, -0.2) is 4.98 Å². The molecule has 3 aromatic rings. The van der Waals surface area contributed by atoms with Crippen molar-refractivity contribution in [2.45, 2.75) is 32.7 Å². The number of aryl methyl sites for hydroxylation is 3. The van der Waals surface area contributed by atoms with Crippen LogP contribution < -0.4 is 0 Å². The fourth-order valence-electron chi connectivity index (χ4n) is 2.84. The third kappa shape index (κ3) is 3.28. The molecule has 0 fully saturated rings. The van der Waals surface area contributed by atoms with E-state index in [9.17, 15) is 0 Å². The lowest BCUT2D eigenvalue weighted by molar-refractivity contribution is 0.701. The van der Waals surface area contributed by atoms with E-state index in [1.807, 2.05) is 6.33 Å². The molecule has 0 saturated carbocycles. The molecule has 2 nitrogen and oxygen atoms in total. The van der Waals surface area contributed by atoms with E-state index in [1.165, 1.54) is 22.5 Å². The first kappa shape index (κ1) is 14.6. The van der Waals surface area contributed by atoms with Crippen LogP contribution in [0.2, 0.25) is 0 Å². The molecule has 0 aliphatic rings. The summed E-state index contributed by atoms with van der Waals surface area (Å²) >= 11 is 0. The van der Waals surface area contributed by atoms with E-state index in [2.05, 4.69) is 77.1 Å². The van der Waals surface area contributed by atoms with Crippen molar-refractivity contribution in [3.63, 3.8) is 0 Å². The second-order valence-electron chi connectivity index (χ2n) is 5.58. The van der Waals surface area contributed by atoms with E-state index in [0.29, 0.717) is 0 Å². The molecule has 0 N–H and O–H groups in total. The summed E-state index contributed by atoms with van der Waals surface area (Å²) in [5.74, 6) is 0. The zero-order chi connectivity index (χ0) is 15.2. The van der Waals surface area contributed by atoms with Gasteiger partial charge in [-0.2, -0.15) is 0 Å². The van der Waals surface area contributed by atoms with Crippen LogP contribution in [0.15, 0.2) is 67.0 Å². The Morgan fingerprint density at radius 2 is 1.55 bits per heavy atom. The van der Waals surface area contributed by atoms with E-state index in [-0.39, 0.29) is 0 Å². The molecule has 0 unspecified atom stereocenters. The normalized spacial score (nSPS) is 10.8. The average molecular weight is 290 g/mol. The number of aromatic nitrogens is 2. The maximum atomic E-state index is 4.66. The van der Waals surface area contributed by atoms with Gasteiger partial charge in [0.25, 0.3) is 0 Å². The minimum Gasteiger partial charge on any atom is -0.330 e. The molecule has 3 rings (SSSR count). The highest BCUT2D eigenvalue weighted by molar-refractivity contribution is 5.62. The van der Waals surface area contributed by atoms with Gasteiger partial charge in [-0.1, -0.05) is 74.0 Å². The number of hydrogen-bond donors (Lipinski definition) is 0. The van der Waals surface area contributed by atoms with E-state index >= 15 is 0 Å². The molecule has 0 radical (unpaired) electrons. The average Bonchev–Trinajstić information content (AvgIpc) is 2.98. The van der Waals surface area contributed by atoms with Crippen molar-refractivity contribution >= 4 is 0 Å². The summed E-state index contributed by atoms with van der Waals surface area (Å²) in [5, 5.41) is 0. The Hall–Kier alpha value is -2.35. The van der Waals surface area contributed by atoms with Crippen molar-refractivity contribution in [2.75, 3.05) is 0 Å². The van der Waals surface area contributed by atoms with Gasteiger partial charge in [0, 0.05) is 12.1 Å². The van der Waals surface area contributed by atoms with E-state index in [1.54, 1.807) is 0 Å². The molecular weight excluding hydrogens is 268 g/mol. The molecule has 0 bridgehead atoms. The van der Waals surface area contributed by atoms with Gasteiger partial charge >= 0.3 is 0 Å². The van der Waals surface area contributed by atoms with Gasteiger partial charge in [0.05, 0.1) is 17.7 Å². The molecule has 0 amide bonds. The zero-order valence-electron chi connectivity index (χ0n) is 13.1. The highest BCUT2D eigenvalue weighted by atomic mass is 15.1. The minimum atomic E-state index is 0.963. The Balaban J connectivity index is 1.88. The van der Waals surface area contributed by atoms with Crippen LogP contribution in [0.25, 0.3) is 11.3 Å². The van der Waals surface area contributed by atoms with Crippen LogP contribution in [0.4, 0.5) is 0 Å². The SMILES string of the molecule is CCCc1ncn(CCc2ccccc2)c1-c1ccccc1. The van der Waals surface area contributed by atoms with E-state index in [4.69, 9.17) is 0 Å². The molecule has 1 heterocycles. The standard InChI is InChI=1S/C20H22N2/c1-2-9-19-20(18-12-7-4-8-13-18)22(16-21-19)15-14-17-10-5-3-6-11-17/h3-8,10-13,16H,2,9,14-15H2,1H3. The predicted molar refractivity (Wildman–Crippen MR) is 91.8 cm³/mol. The summed E-state index contributed by atoms with van der Waals surface area (Å²) in [6.07, 6.45) is 5.18. The smallest absolute Gasteiger partial charge is 0.0954 e. The van der Waals surface area contributed by atoms with E-state index in [0.717, 1.165) is 25.8 Å². The Kier molecular flexibility index (Phi) is 4.69. The lowest BCUT2D eigenvalue weighted by atomic mass is 10.1. The van der Waals surface area contributed by atoms with Crippen molar-refractivity contribution in [1.82, 2.24) is 9.55 Å². The summed E-state index contributed by atoms with van der Waals surface area (Å²) in [6, 6.07) is 21.2. The van der Waals surface area contributed by atoms with Crippen molar-refractivity contribution < 1.29 is 0 Å². The highest BCUT2D eigenvalue weighted by Gasteiger charge is 2.12. The molecule has 2 aromatic carbocycles. The van der Waals surface area contributed by atoms with Crippen molar-refractivity contribution in [3.8, 4) is 11.3 Å². The lowest BCUT2D eigenvalue weighted by Gasteiger charge is -2.10. The van der Waals surface area contributed by atoms with Crippen LogP contribution in [0.3, 0.4) is 0 Å². The fourth-order valence-corrected chi connectivity index (χ4v) is 2.84. The molecule has 0 aliphatic heterocycles. The summed E-state index contributed by atoms with van der Waals surface area (Å²) in [5.41, 5.74) is 5.11. The Morgan fingerprint density at radius 3 is 2.23 bits per heavy atom. The minimum absolute atomic E-state index is 0.963. The lowest BCUT2D eigenvalue weighted by Crippen LogP contribution is -2.03. The van der Waals surface area contributed by atoms with Gasteiger partial charge in [0.15, 0.2) is 0 Å². The maximum absolute atomic E-state index is 4.66. The second kappa shape index (κ2) is 7.08. The molecule has 0 saturated heterocycles. The van der Waals surface area contributed by atoms with Gasteiger partial charge < -0.3 is 4.57 Å². The number of rotatable bonds is 6. The second-order valence-corrected chi connectivity index (χ2v) is 5.58. The summed E-state index contributed by atoms with van der Waals surface area (Å²) in [7, 11) is 0. The van der Waals surface area contributed by atoms with E-state index < -0.39 is 0 Å². The topological polar surface area (TPSA) is 17.8 Å². The maximum Gasteiger partial charge on any atom is 0.0954 e. The fraction of sp³-hybridized carbons (Fsp3) is 0.250. The first-order chi connectivity index (χ1) is 10.9. The van der Waals surface area contributed by atoms with Crippen LogP contribution in [0, 0.1) is 0 Å². The molecule has 1 aromatic heterocycles. The van der Waals surface area contributed by atoms with Crippen LogP contribution in [-0.4, -0.2) is 9.55 Å². The van der Waals surface area contributed by atoms with Crippen LogP contribution in [0.1, 0.15) is 24.6 Å². The third-order valence-electron chi connectivity index (χ3n) is 3.93. The predicted octanol–water partition coefficient (Wildman–Crippen LogP) is 4.75. The molecule has 2 heteroatoms. The number of imidazole rings is 1. The number of benzene rings is 2. The molecular formula is C20H22N2. The van der Waals surface area contributed by atoms with Crippen molar-refractivity contribution in [3.05, 3.63) is 78.2 Å².